The smallest absolute Gasteiger partial charge is 0.234 e. The van der Waals surface area contributed by atoms with E-state index in [-0.39, 0.29) is 0 Å². The second-order valence-corrected chi connectivity index (χ2v) is 2.59. The Morgan fingerprint density at radius 1 is 1.36 bits per heavy atom. The fourth-order valence-corrected chi connectivity index (χ4v) is 1.38. The molecule has 0 atom stereocenters. The standard InChI is InChI=1S/C10H7O/c11-7-9-5-1-3-8-4-2-6-10(8)9/h1-3,5-6H,4H2. The van der Waals surface area contributed by atoms with Crippen LogP contribution in [0.15, 0.2) is 24.3 Å². The Balaban J connectivity index is 2.66. The van der Waals surface area contributed by atoms with Crippen molar-refractivity contribution in [3.8, 4) is 0 Å². The Kier molecular flexibility index (Phi) is 1.35. The zero-order valence-electron chi connectivity index (χ0n) is 6.00. The van der Waals surface area contributed by atoms with Crippen molar-refractivity contribution < 1.29 is 4.79 Å². The lowest BCUT2D eigenvalue weighted by Gasteiger charge is -1.98. The van der Waals surface area contributed by atoms with Crippen LogP contribution in [0.3, 0.4) is 0 Å². The molecule has 1 aliphatic carbocycles. The van der Waals surface area contributed by atoms with Gasteiger partial charge in [-0.25, -0.2) is 0 Å². The van der Waals surface area contributed by atoms with E-state index in [9.17, 15) is 4.79 Å². The molecule has 2 rings (SSSR count). The lowest BCUT2D eigenvalue weighted by atomic mass is 10.0. The van der Waals surface area contributed by atoms with Crippen molar-refractivity contribution in [1.82, 2.24) is 0 Å². The molecule has 11 heavy (non-hydrogen) atoms. The summed E-state index contributed by atoms with van der Waals surface area (Å²) in [5, 5.41) is 0. The van der Waals surface area contributed by atoms with Gasteiger partial charge in [-0.1, -0.05) is 30.4 Å². The highest BCUT2D eigenvalue weighted by Gasteiger charge is 2.07. The molecule has 0 bridgehead atoms. The maximum atomic E-state index is 10.4. The molecule has 0 unspecified atom stereocenters. The highest BCUT2D eigenvalue weighted by Crippen LogP contribution is 2.21. The normalized spacial score (nSPS) is 13.1. The first-order valence-corrected chi connectivity index (χ1v) is 3.58. The van der Waals surface area contributed by atoms with Crippen LogP contribution >= 0.6 is 0 Å². The van der Waals surface area contributed by atoms with Crippen LogP contribution in [0.2, 0.25) is 0 Å². The minimum Gasteiger partial charge on any atom is -0.285 e. The maximum absolute atomic E-state index is 10.4. The van der Waals surface area contributed by atoms with E-state index in [0.717, 1.165) is 12.0 Å². The van der Waals surface area contributed by atoms with Crippen molar-refractivity contribution in [3.05, 3.63) is 41.0 Å². The van der Waals surface area contributed by atoms with Crippen molar-refractivity contribution in [2.75, 3.05) is 0 Å². The second kappa shape index (κ2) is 2.35. The summed E-state index contributed by atoms with van der Waals surface area (Å²) >= 11 is 0. The second-order valence-electron chi connectivity index (χ2n) is 2.59. The average Bonchev–Trinajstić information content (AvgIpc) is 2.50. The van der Waals surface area contributed by atoms with Gasteiger partial charge in [0.05, 0.1) is 0 Å². The molecule has 1 aliphatic rings. The van der Waals surface area contributed by atoms with Crippen LogP contribution in [0.1, 0.15) is 16.7 Å². The van der Waals surface area contributed by atoms with Gasteiger partial charge in [0, 0.05) is 5.56 Å². The van der Waals surface area contributed by atoms with E-state index >= 15 is 0 Å². The summed E-state index contributed by atoms with van der Waals surface area (Å²) in [6, 6.07) is 5.73. The summed E-state index contributed by atoms with van der Waals surface area (Å²) in [5.74, 6) is 0. The van der Waals surface area contributed by atoms with Gasteiger partial charge < -0.3 is 0 Å². The molecule has 0 aliphatic heterocycles. The predicted octanol–water partition coefficient (Wildman–Crippen LogP) is 1.71. The molecule has 0 spiro atoms. The summed E-state index contributed by atoms with van der Waals surface area (Å²) in [4.78, 5) is 10.4. The van der Waals surface area contributed by atoms with Crippen LogP contribution in [-0.4, -0.2) is 6.29 Å². The fraction of sp³-hybridized carbons (Fsp3) is 0.100. The minimum atomic E-state index is 0.677. The molecule has 0 fully saturated rings. The Morgan fingerprint density at radius 3 is 3.09 bits per heavy atom. The van der Waals surface area contributed by atoms with Gasteiger partial charge in [-0.3, -0.25) is 4.79 Å². The Bertz CT molecular complexity index is 324. The third-order valence-electron chi connectivity index (χ3n) is 1.93. The van der Waals surface area contributed by atoms with Gasteiger partial charge in [0.1, 0.15) is 0 Å². The van der Waals surface area contributed by atoms with E-state index in [1.54, 1.807) is 6.07 Å². The molecule has 0 aromatic heterocycles. The Labute approximate surface area is 65.4 Å². The largest absolute Gasteiger partial charge is 0.285 e. The van der Waals surface area contributed by atoms with Crippen LogP contribution < -0.4 is 0 Å². The summed E-state index contributed by atoms with van der Waals surface area (Å²) in [6.07, 6.45) is 6.92. The molecule has 53 valence electrons. The lowest BCUT2D eigenvalue weighted by Crippen LogP contribution is -1.88. The molecule has 1 aromatic rings. The van der Waals surface area contributed by atoms with E-state index in [2.05, 4.69) is 6.08 Å². The lowest BCUT2D eigenvalue weighted by molar-refractivity contribution is 0.562. The van der Waals surface area contributed by atoms with Gasteiger partial charge in [-0.15, -0.1) is 0 Å². The number of fused-ring (bicyclic) bond motifs is 1. The van der Waals surface area contributed by atoms with Crippen molar-refractivity contribution >= 4 is 12.4 Å². The third kappa shape index (κ3) is 0.891. The van der Waals surface area contributed by atoms with Crippen LogP contribution in [0.4, 0.5) is 0 Å². The van der Waals surface area contributed by atoms with Gasteiger partial charge >= 0.3 is 0 Å². The molecule has 1 nitrogen and oxygen atoms in total. The zero-order valence-corrected chi connectivity index (χ0v) is 6.00. The molecule has 0 N–H and O–H groups in total. The van der Waals surface area contributed by atoms with E-state index < -0.39 is 0 Å². The Hall–Kier alpha value is -1.37. The van der Waals surface area contributed by atoms with Gasteiger partial charge in [-0.2, -0.15) is 0 Å². The molecule has 1 radical (unpaired) electrons. The number of benzene rings is 1. The number of allylic oxidation sites excluding steroid dienone is 1. The molecule has 1 heteroatoms. The van der Waals surface area contributed by atoms with Crippen molar-refractivity contribution in [2.45, 2.75) is 6.42 Å². The first-order valence-electron chi connectivity index (χ1n) is 3.58. The van der Waals surface area contributed by atoms with Gasteiger partial charge in [0.15, 0.2) is 0 Å². The van der Waals surface area contributed by atoms with Crippen LogP contribution in [0.5, 0.6) is 0 Å². The van der Waals surface area contributed by atoms with Crippen molar-refractivity contribution in [2.24, 2.45) is 0 Å². The highest BCUT2D eigenvalue weighted by molar-refractivity contribution is 5.84. The number of hydrogen-bond donors (Lipinski definition) is 0. The quantitative estimate of drug-likeness (QED) is 0.585. The van der Waals surface area contributed by atoms with Gasteiger partial charge in [0.25, 0.3) is 0 Å². The SMILES string of the molecule is O=[C]c1cccc2c1C=CC2. The van der Waals surface area contributed by atoms with Crippen molar-refractivity contribution in [1.29, 1.82) is 0 Å². The van der Waals surface area contributed by atoms with Gasteiger partial charge in [0.2, 0.25) is 6.29 Å². The molecular weight excluding hydrogens is 136 g/mol. The summed E-state index contributed by atoms with van der Waals surface area (Å²) in [7, 11) is 0. The summed E-state index contributed by atoms with van der Waals surface area (Å²) < 4.78 is 0. The average molecular weight is 143 g/mol. The number of rotatable bonds is 1. The summed E-state index contributed by atoms with van der Waals surface area (Å²) in [6.45, 7) is 0. The molecule has 0 heterocycles. The predicted molar refractivity (Wildman–Crippen MR) is 44.0 cm³/mol. The Morgan fingerprint density at radius 2 is 2.27 bits per heavy atom. The van der Waals surface area contributed by atoms with Crippen LogP contribution in [0, 0.1) is 0 Å². The zero-order chi connectivity index (χ0) is 7.68. The number of hydrogen-bond acceptors (Lipinski definition) is 1. The molecular formula is C10H7O. The first kappa shape index (κ1) is 6.35. The highest BCUT2D eigenvalue weighted by atomic mass is 16.1. The van der Waals surface area contributed by atoms with E-state index in [1.165, 1.54) is 5.56 Å². The van der Waals surface area contributed by atoms with E-state index in [1.807, 2.05) is 24.5 Å². The summed E-state index contributed by atoms with van der Waals surface area (Å²) in [5.41, 5.74) is 2.95. The van der Waals surface area contributed by atoms with E-state index in [4.69, 9.17) is 0 Å². The molecule has 0 saturated carbocycles. The van der Waals surface area contributed by atoms with Crippen molar-refractivity contribution in [3.63, 3.8) is 0 Å². The topological polar surface area (TPSA) is 17.1 Å². The first-order chi connectivity index (χ1) is 5.42. The van der Waals surface area contributed by atoms with Gasteiger partial charge in [-0.05, 0) is 17.5 Å². The van der Waals surface area contributed by atoms with Crippen LogP contribution in [0.25, 0.3) is 6.08 Å². The third-order valence-corrected chi connectivity index (χ3v) is 1.93. The number of carbonyl (C=O) groups excluding carboxylic acids is 1. The maximum Gasteiger partial charge on any atom is 0.234 e. The minimum absolute atomic E-state index is 0.677. The monoisotopic (exact) mass is 143 g/mol. The van der Waals surface area contributed by atoms with Crippen LogP contribution in [-0.2, 0) is 11.2 Å². The molecule has 0 amide bonds. The molecule has 0 saturated heterocycles. The molecule has 1 aromatic carbocycles. The van der Waals surface area contributed by atoms with E-state index in [0.29, 0.717) is 5.56 Å². The fourth-order valence-electron chi connectivity index (χ4n) is 1.38.